The van der Waals surface area contributed by atoms with Gasteiger partial charge in [0.05, 0.1) is 13.3 Å². The third kappa shape index (κ3) is 2.60. The lowest BCUT2D eigenvalue weighted by Gasteiger charge is -2.33. The average molecular weight is 230 g/mol. The number of halogens is 1. The third-order valence-electron chi connectivity index (χ3n) is 3.19. The molecule has 0 amide bonds. The number of Topliss-reactive ketones (excluding diaryl/α,β-unsaturated/α-hetero) is 1. The molecule has 16 heavy (non-hydrogen) atoms. The van der Waals surface area contributed by atoms with Crippen LogP contribution in [0.4, 0.5) is 4.39 Å². The van der Waals surface area contributed by atoms with Crippen LogP contribution in [0.5, 0.6) is 0 Å². The fraction of sp³-hybridized carbons (Fsp3) is 0.833. The molecule has 0 radical (unpaired) electrons. The smallest absolute Gasteiger partial charge is 0.319 e. The zero-order valence-corrected chi connectivity index (χ0v) is 9.76. The molecule has 1 aliphatic rings. The molecule has 0 aromatic rings. The van der Waals surface area contributed by atoms with Crippen LogP contribution in [0.2, 0.25) is 0 Å². The maximum atomic E-state index is 12.2. The van der Waals surface area contributed by atoms with Gasteiger partial charge >= 0.3 is 5.97 Å². The molecule has 1 rings (SSSR count). The Morgan fingerprint density at radius 1 is 1.50 bits per heavy atom. The van der Waals surface area contributed by atoms with Gasteiger partial charge in [-0.2, -0.15) is 0 Å². The van der Waals surface area contributed by atoms with E-state index in [1.165, 1.54) is 0 Å². The normalized spacial score (nSPS) is 25.5. The van der Waals surface area contributed by atoms with Crippen molar-refractivity contribution in [3.05, 3.63) is 0 Å². The summed E-state index contributed by atoms with van der Waals surface area (Å²) in [6, 6.07) is 0. The summed E-state index contributed by atoms with van der Waals surface area (Å²) in [6.45, 7) is 1.49. The highest BCUT2D eigenvalue weighted by molar-refractivity contribution is 6.04. The van der Waals surface area contributed by atoms with Crippen LogP contribution in [-0.4, -0.2) is 25.0 Å². The topological polar surface area (TPSA) is 43.4 Å². The van der Waals surface area contributed by atoms with Crippen LogP contribution in [0.15, 0.2) is 0 Å². The Morgan fingerprint density at radius 2 is 2.25 bits per heavy atom. The quantitative estimate of drug-likeness (QED) is 0.538. The van der Waals surface area contributed by atoms with Crippen molar-refractivity contribution in [2.45, 2.75) is 45.4 Å². The first-order chi connectivity index (χ1) is 7.67. The van der Waals surface area contributed by atoms with Gasteiger partial charge in [0.25, 0.3) is 0 Å². The van der Waals surface area contributed by atoms with E-state index in [1.54, 1.807) is 6.92 Å². The molecule has 0 aromatic carbocycles. The second kappa shape index (κ2) is 5.97. The average Bonchev–Trinajstić information content (AvgIpc) is 2.28. The minimum Gasteiger partial charge on any atom is -0.465 e. The number of esters is 1. The van der Waals surface area contributed by atoms with E-state index in [2.05, 4.69) is 0 Å². The number of ether oxygens (including phenoxy) is 1. The van der Waals surface area contributed by atoms with Crippen molar-refractivity contribution in [1.29, 1.82) is 0 Å². The first kappa shape index (κ1) is 13.1. The molecule has 4 heteroatoms. The van der Waals surface area contributed by atoms with Gasteiger partial charge in [0, 0.05) is 6.42 Å². The van der Waals surface area contributed by atoms with E-state index < -0.39 is 18.1 Å². The number of hydrogen-bond acceptors (Lipinski definition) is 3. The van der Waals surface area contributed by atoms with Crippen LogP contribution in [0.3, 0.4) is 0 Å². The van der Waals surface area contributed by atoms with Gasteiger partial charge in [0.15, 0.2) is 0 Å². The lowest BCUT2D eigenvalue weighted by Crippen LogP contribution is -2.43. The van der Waals surface area contributed by atoms with Crippen LogP contribution in [0, 0.1) is 5.41 Å². The molecule has 1 saturated carbocycles. The maximum Gasteiger partial charge on any atom is 0.319 e. The van der Waals surface area contributed by atoms with Crippen LogP contribution in [0.1, 0.15) is 45.4 Å². The molecule has 0 N–H and O–H groups in total. The van der Waals surface area contributed by atoms with Gasteiger partial charge in [-0.3, -0.25) is 14.0 Å². The van der Waals surface area contributed by atoms with Gasteiger partial charge in [0.1, 0.15) is 11.2 Å². The van der Waals surface area contributed by atoms with E-state index >= 15 is 0 Å². The van der Waals surface area contributed by atoms with Gasteiger partial charge in [0.2, 0.25) is 0 Å². The van der Waals surface area contributed by atoms with Crippen molar-refractivity contribution in [2.24, 2.45) is 5.41 Å². The molecule has 92 valence electrons. The van der Waals surface area contributed by atoms with Crippen LogP contribution in [0.25, 0.3) is 0 Å². The Morgan fingerprint density at radius 3 is 2.81 bits per heavy atom. The van der Waals surface area contributed by atoms with Crippen molar-refractivity contribution in [2.75, 3.05) is 13.3 Å². The molecular formula is C12H19FO3. The predicted octanol–water partition coefficient (Wildman–Crippen LogP) is 2.43. The van der Waals surface area contributed by atoms with Crippen molar-refractivity contribution >= 4 is 11.8 Å². The van der Waals surface area contributed by atoms with Crippen molar-refractivity contribution in [1.82, 2.24) is 0 Å². The first-order valence-corrected chi connectivity index (χ1v) is 5.94. The molecule has 0 heterocycles. The predicted molar refractivity (Wildman–Crippen MR) is 57.8 cm³/mol. The Bertz CT molecular complexity index is 265. The highest BCUT2D eigenvalue weighted by Crippen LogP contribution is 2.38. The standard InChI is InChI=1S/C12H19FO3/c1-2-16-11(15)12(8-5-9-13)7-4-3-6-10(12)14/h2-9H2,1H3. The number of alkyl halides is 1. The zero-order chi connectivity index (χ0) is 12.0. The van der Waals surface area contributed by atoms with Crippen LogP contribution < -0.4 is 0 Å². The third-order valence-corrected chi connectivity index (χ3v) is 3.19. The Balaban J connectivity index is 2.81. The second-order valence-electron chi connectivity index (χ2n) is 4.23. The summed E-state index contributed by atoms with van der Waals surface area (Å²) >= 11 is 0. The number of carbonyl (C=O) groups excluding carboxylic acids is 2. The molecule has 0 spiro atoms. The number of ketones is 1. The van der Waals surface area contributed by atoms with Crippen molar-refractivity contribution in [3.8, 4) is 0 Å². The molecule has 0 aromatic heterocycles. The molecule has 3 nitrogen and oxygen atoms in total. The van der Waals surface area contributed by atoms with Gasteiger partial charge < -0.3 is 4.74 Å². The highest BCUT2D eigenvalue weighted by Gasteiger charge is 2.47. The van der Waals surface area contributed by atoms with E-state index in [0.717, 1.165) is 12.8 Å². The monoisotopic (exact) mass is 230 g/mol. The molecule has 1 atom stereocenters. The lowest BCUT2D eigenvalue weighted by atomic mass is 9.70. The minimum absolute atomic E-state index is 0.0642. The summed E-state index contributed by atoms with van der Waals surface area (Å²) in [5, 5.41) is 0. The minimum atomic E-state index is -1.04. The first-order valence-electron chi connectivity index (χ1n) is 5.94. The van der Waals surface area contributed by atoms with Gasteiger partial charge in [-0.05, 0) is 32.6 Å². The molecule has 0 saturated heterocycles. The van der Waals surface area contributed by atoms with Gasteiger partial charge in [-0.15, -0.1) is 0 Å². The molecular weight excluding hydrogens is 211 g/mol. The van der Waals surface area contributed by atoms with Crippen LogP contribution in [-0.2, 0) is 14.3 Å². The van der Waals surface area contributed by atoms with Crippen molar-refractivity contribution < 1.29 is 18.7 Å². The number of hydrogen-bond donors (Lipinski definition) is 0. The summed E-state index contributed by atoms with van der Waals surface area (Å²) < 4.78 is 17.2. The Labute approximate surface area is 95.3 Å². The molecule has 1 unspecified atom stereocenters. The van der Waals surface area contributed by atoms with Crippen molar-refractivity contribution in [3.63, 3.8) is 0 Å². The van der Waals surface area contributed by atoms with E-state index in [9.17, 15) is 14.0 Å². The van der Waals surface area contributed by atoms with E-state index in [-0.39, 0.29) is 18.8 Å². The number of carbonyl (C=O) groups is 2. The molecule has 1 aliphatic carbocycles. The fourth-order valence-corrected chi connectivity index (χ4v) is 2.31. The van der Waals surface area contributed by atoms with Crippen LogP contribution >= 0.6 is 0 Å². The van der Waals surface area contributed by atoms with E-state index in [4.69, 9.17) is 4.74 Å². The summed E-state index contributed by atoms with van der Waals surface area (Å²) in [4.78, 5) is 23.8. The number of rotatable bonds is 5. The molecule has 0 aliphatic heterocycles. The SMILES string of the molecule is CCOC(=O)C1(CCCF)CCCCC1=O. The van der Waals surface area contributed by atoms with Gasteiger partial charge in [-0.1, -0.05) is 6.42 Å². The summed E-state index contributed by atoms with van der Waals surface area (Å²) in [7, 11) is 0. The maximum absolute atomic E-state index is 12.2. The largest absolute Gasteiger partial charge is 0.465 e. The van der Waals surface area contributed by atoms with E-state index in [0.29, 0.717) is 19.3 Å². The summed E-state index contributed by atoms with van der Waals surface area (Å²) in [5.41, 5.74) is -1.04. The molecule has 1 fully saturated rings. The molecule has 0 bridgehead atoms. The fourth-order valence-electron chi connectivity index (χ4n) is 2.31. The highest BCUT2D eigenvalue weighted by atomic mass is 19.1. The lowest BCUT2D eigenvalue weighted by molar-refractivity contribution is -0.163. The summed E-state index contributed by atoms with van der Waals surface area (Å²) in [6.07, 6.45) is 3.16. The summed E-state index contributed by atoms with van der Waals surface area (Å²) in [5.74, 6) is -0.515. The Hall–Kier alpha value is -0.930. The zero-order valence-electron chi connectivity index (χ0n) is 9.76. The van der Waals surface area contributed by atoms with Gasteiger partial charge in [-0.25, -0.2) is 0 Å². The second-order valence-corrected chi connectivity index (χ2v) is 4.23. The van der Waals surface area contributed by atoms with E-state index in [1.807, 2.05) is 0 Å². The Kier molecular flexibility index (Phi) is 4.90.